The fourth-order valence-electron chi connectivity index (χ4n) is 4.03. The van der Waals surface area contributed by atoms with Gasteiger partial charge in [0.2, 0.25) is 11.8 Å². The average molecular weight is 328 g/mol. The van der Waals surface area contributed by atoms with Gasteiger partial charge in [0.25, 0.3) is 0 Å². The second-order valence-corrected chi connectivity index (χ2v) is 7.52. The number of anilines is 1. The van der Waals surface area contributed by atoms with Crippen molar-refractivity contribution < 1.29 is 9.59 Å². The normalized spacial score (nSPS) is 20.9. The molecule has 2 amide bonds. The number of hydrogen-bond acceptors (Lipinski definition) is 2. The third-order valence-electron chi connectivity index (χ3n) is 5.56. The van der Waals surface area contributed by atoms with Gasteiger partial charge in [-0.15, -0.1) is 0 Å². The number of carbonyl (C=O) groups excluding carboxylic acids is 2. The zero-order valence-corrected chi connectivity index (χ0v) is 15.0. The molecule has 0 aromatic heterocycles. The molecule has 24 heavy (non-hydrogen) atoms. The Kier molecular flexibility index (Phi) is 4.66. The fourth-order valence-corrected chi connectivity index (χ4v) is 4.03. The van der Waals surface area contributed by atoms with E-state index in [0.717, 1.165) is 37.9 Å². The molecule has 4 heteroatoms. The topological polar surface area (TPSA) is 40.6 Å². The van der Waals surface area contributed by atoms with Crippen molar-refractivity contribution in [3.05, 3.63) is 29.8 Å². The molecule has 1 fully saturated rings. The molecule has 1 aromatic carbocycles. The van der Waals surface area contributed by atoms with Crippen LogP contribution in [0.5, 0.6) is 0 Å². The van der Waals surface area contributed by atoms with Crippen LogP contribution in [0.2, 0.25) is 0 Å². The molecular formula is C20H28N2O2. The van der Waals surface area contributed by atoms with Crippen LogP contribution in [-0.2, 0) is 16.0 Å². The van der Waals surface area contributed by atoms with Gasteiger partial charge in [-0.1, -0.05) is 25.1 Å². The number of piperidine rings is 1. The second-order valence-electron chi connectivity index (χ2n) is 7.52. The van der Waals surface area contributed by atoms with Gasteiger partial charge in [-0.25, -0.2) is 0 Å². The first-order valence-corrected chi connectivity index (χ1v) is 9.17. The van der Waals surface area contributed by atoms with Crippen LogP contribution in [0.3, 0.4) is 0 Å². The number of para-hydroxylation sites is 1. The van der Waals surface area contributed by atoms with Crippen LogP contribution in [-0.4, -0.2) is 35.8 Å². The molecule has 130 valence electrons. The van der Waals surface area contributed by atoms with Crippen molar-refractivity contribution in [2.45, 2.75) is 58.9 Å². The van der Waals surface area contributed by atoms with E-state index in [1.54, 1.807) is 18.7 Å². The van der Waals surface area contributed by atoms with E-state index in [9.17, 15) is 9.59 Å². The van der Waals surface area contributed by atoms with Crippen LogP contribution in [0.1, 0.15) is 52.0 Å². The van der Waals surface area contributed by atoms with Crippen molar-refractivity contribution in [2.75, 3.05) is 18.0 Å². The van der Waals surface area contributed by atoms with Crippen LogP contribution >= 0.6 is 0 Å². The summed E-state index contributed by atoms with van der Waals surface area (Å²) in [6.45, 7) is 7.17. The molecule has 0 aliphatic carbocycles. The van der Waals surface area contributed by atoms with Crippen molar-refractivity contribution in [1.82, 2.24) is 4.90 Å². The van der Waals surface area contributed by atoms with E-state index in [0.29, 0.717) is 6.54 Å². The first kappa shape index (κ1) is 17.0. The van der Waals surface area contributed by atoms with Gasteiger partial charge in [0.05, 0.1) is 0 Å². The number of amides is 2. The predicted molar refractivity (Wildman–Crippen MR) is 95.9 cm³/mol. The molecule has 1 aromatic rings. The molecule has 0 N–H and O–H groups in total. The predicted octanol–water partition coefficient (Wildman–Crippen LogP) is 3.39. The summed E-state index contributed by atoms with van der Waals surface area (Å²) in [5, 5.41) is 0. The molecule has 1 atom stereocenters. The number of benzene rings is 1. The maximum atomic E-state index is 13.2. The quantitative estimate of drug-likeness (QED) is 0.798. The lowest BCUT2D eigenvalue weighted by Gasteiger charge is -2.40. The molecule has 3 rings (SSSR count). The van der Waals surface area contributed by atoms with Crippen molar-refractivity contribution in [3.8, 4) is 0 Å². The molecule has 0 radical (unpaired) electrons. The van der Waals surface area contributed by atoms with E-state index in [1.807, 2.05) is 23.1 Å². The molecule has 2 heterocycles. The lowest BCUT2D eigenvalue weighted by Crippen LogP contribution is -2.54. The molecular weight excluding hydrogens is 300 g/mol. The Labute approximate surface area is 144 Å². The Bertz CT molecular complexity index is 638. The zero-order chi connectivity index (χ0) is 17.3. The molecule has 2 aliphatic rings. The third-order valence-corrected chi connectivity index (χ3v) is 5.56. The maximum absolute atomic E-state index is 13.2. The molecule has 0 spiro atoms. The standard InChI is InChI=1S/C20H28N2O2/c1-4-16-10-7-8-13-21(16)18(23)20(2,3)19(24)22-14-12-15-9-5-6-11-17(15)22/h5-6,9,11,16H,4,7-8,10,12-14H2,1-3H3. The monoisotopic (exact) mass is 328 g/mol. The maximum Gasteiger partial charge on any atom is 0.242 e. The Balaban J connectivity index is 1.82. The van der Waals surface area contributed by atoms with Gasteiger partial charge in [-0.2, -0.15) is 0 Å². The second kappa shape index (κ2) is 6.58. The van der Waals surface area contributed by atoms with Crippen molar-refractivity contribution >= 4 is 17.5 Å². The molecule has 2 aliphatic heterocycles. The summed E-state index contributed by atoms with van der Waals surface area (Å²) in [6.07, 6.45) is 5.10. The Morgan fingerprint density at radius 2 is 1.88 bits per heavy atom. The van der Waals surface area contributed by atoms with Crippen molar-refractivity contribution in [1.29, 1.82) is 0 Å². The first-order valence-electron chi connectivity index (χ1n) is 9.17. The minimum Gasteiger partial charge on any atom is -0.339 e. The Hall–Kier alpha value is -1.84. The Morgan fingerprint density at radius 3 is 2.62 bits per heavy atom. The minimum atomic E-state index is -1.01. The number of nitrogens with zero attached hydrogens (tertiary/aromatic N) is 2. The van der Waals surface area contributed by atoms with Crippen LogP contribution in [0.4, 0.5) is 5.69 Å². The summed E-state index contributed by atoms with van der Waals surface area (Å²) in [5.41, 5.74) is 1.15. The summed E-state index contributed by atoms with van der Waals surface area (Å²) in [5.74, 6) is -0.0821. The minimum absolute atomic E-state index is 0.0107. The summed E-state index contributed by atoms with van der Waals surface area (Å²) < 4.78 is 0. The molecule has 1 saturated heterocycles. The van der Waals surface area contributed by atoms with Gasteiger partial charge in [0.15, 0.2) is 0 Å². The van der Waals surface area contributed by atoms with E-state index in [1.165, 1.54) is 12.0 Å². The highest BCUT2D eigenvalue weighted by molar-refractivity contribution is 6.11. The van der Waals surface area contributed by atoms with Crippen LogP contribution in [0.25, 0.3) is 0 Å². The highest BCUT2D eigenvalue weighted by Gasteiger charge is 2.45. The molecule has 4 nitrogen and oxygen atoms in total. The lowest BCUT2D eigenvalue weighted by molar-refractivity contribution is -0.150. The molecule has 0 bridgehead atoms. The van der Waals surface area contributed by atoms with Gasteiger partial charge in [0, 0.05) is 24.8 Å². The van der Waals surface area contributed by atoms with Crippen LogP contribution < -0.4 is 4.90 Å². The molecule has 1 unspecified atom stereocenters. The average Bonchev–Trinajstić information content (AvgIpc) is 3.04. The van der Waals surface area contributed by atoms with E-state index in [2.05, 4.69) is 13.0 Å². The fraction of sp³-hybridized carbons (Fsp3) is 0.600. The number of hydrogen-bond donors (Lipinski definition) is 0. The van der Waals surface area contributed by atoms with Gasteiger partial charge in [-0.3, -0.25) is 9.59 Å². The van der Waals surface area contributed by atoms with Gasteiger partial charge >= 0.3 is 0 Å². The number of carbonyl (C=O) groups is 2. The van der Waals surface area contributed by atoms with E-state index < -0.39 is 5.41 Å². The SMILES string of the molecule is CCC1CCCCN1C(=O)C(C)(C)C(=O)N1CCc2ccccc21. The summed E-state index contributed by atoms with van der Waals surface area (Å²) in [7, 11) is 0. The molecule has 0 saturated carbocycles. The number of fused-ring (bicyclic) bond motifs is 1. The summed E-state index contributed by atoms with van der Waals surface area (Å²) in [4.78, 5) is 30.1. The third kappa shape index (κ3) is 2.83. The highest BCUT2D eigenvalue weighted by Crippen LogP contribution is 2.34. The van der Waals surface area contributed by atoms with Gasteiger partial charge < -0.3 is 9.80 Å². The van der Waals surface area contributed by atoms with Gasteiger partial charge in [-0.05, 0) is 57.6 Å². The van der Waals surface area contributed by atoms with E-state index in [4.69, 9.17) is 0 Å². The van der Waals surface area contributed by atoms with Crippen LogP contribution in [0.15, 0.2) is 24.3 Å². The summed E-state index contributed by atoms with van der Waals surface area (Å²) >= 11 is 0. The van der Waals surface area contributed by atoms with Gasteiger partial charge in [0.1, 0.15) is 5.41 Å². The van der Waals surface area contributed by atoms with Crippen molar-refractivity contribution in [3.63, 3.8) is 0 Å². The Morgan fingerprint density at radius 1 is 1.12 bits per heavy atom. The lowest BCUT2D eigenvalue weighted by atomic mass is 9.87. The van der Waals surface area contributed by atoms with Crippen molar-refractivity contribution in [2.24, 2.45) is 5.41 Å². The van der Waals surface area contributed by atoms with E-state index >= 15 is 0 Å². The number of likely N-dealkylation sites (tertiary alicyclic amines) is 1. The largest absolute Gasteiger partial charge is 0.339 e. The van der Waals surface area contributed by atoms with E-state index in [-0.39, 0.29) is 17.9 Å². The summed E-state index contributed by atoms with van der Waals surface area (Å²) in [6, 6.07) is 8.29. The first-order chi connectivity index (χ1) is 11.5. The smallest absolute Gasteiger partial charge is 0.242 e. The zero-order valence-electron chi connectivity index (χ0n) is 15.0. The van der Waals surface area contributed by atoms with Crippen LogP contribution in [0, 0.1) is 5.41 Å². The number of rotatable bonds is 3. The highest BCUT2D eigenvalue weighted by atomic mass is 16.2.